The van der Waals surface area contributed by atoms with Crippen LogP contribution in [0.25, 0.3) is 0 Å². The Bertz CT molecular complexity index is 854. The molecule has 2 amide bonds. The van der Waals surface area contributed by atoms with E-state index in [2.05, 4.69) is 26.1 Å². The van der Waals surface area contributed by atoms with E-state index in [0.29, 0.717) is 0 Å². The highest BCUT2D eigenvalue weighted by molar-refractivity contribution is 5.97. The fourth-order valence-corrected chi connectivity index (χ4v) is 2.60. The van der Waals surface area contributed by atoms with Crippen molar-refractivity contribution in [2.45, 2.75) is 38.6 Å². The Kier molecular flexibility index (Phi) is 5.95. The van der Waals surface area contributed by atoms with E-state index >= 15 is 0 Å². The molecule has 0 saturated heterocycles. The van der Waals surface area contributed by atoms with Crippen LogP contribution in [-0.2, 0) is 16.6 Å². The maximum atomic E-state index is 12.4. The van der Waals surface area contributed by atoms with Crippen molar-refractivity contribution < 1.29 is 14.5 Å². The van der Waals surface area contributed by atoms with Crippen LogP contribution in [0.1, 0.15) is 42.3 Å². The van der Waals surface area contributed by atoms with Gasteiger partial charge in [-0.05, 0) is 22.6 Å². The van der Waals surface area contributed by atoms with Crippen LogP contribution in [0.2, 0.25) is 0 Å². The van der Waals surface area contributed by atoms with Gasteiger partial charge in [0.15, 0.2) is 0 Å². The van der Waals surface area contributed by atoms with Crippen molar-refractivity contribution in [2.75, 3.05) is 0 Å². The van der Waals surface area contributed by atoms with Crippen molar-refractivity contribution in [1.82, 2.24) is 5.32 Å². The first-order valence-corrected chi connectivity index (χ1v) is 8.52. The molecule has 0 spiro atoms. The zero-order chi connectivity index (χ0) is 20.2. The summed E-state index contributed by atoms with van der Waals surface area (Å²) in [6, 6.07) is 12.1. The molecule has 142 valence electrons. The fourth-order valence-electron chi connectivity index (χ4n) is 2.60. The lowest BCUT2D eigenvalue weighted by molar-refractivity contribution is -0.384. The highest BCUT2D eigenvalue weighted by atomic mass is 16.6. The summed E-state index contributed by atoms with van der Waals surface area (Å²) in [6.45, 7) is 6.31. The molecule has 2 rings (SSSR count). The number of nitro groups is 1. The lowest BCUT2D eigenvalue weighted by Gasteiger charge is -2.20. The zero-order valence-corrected chi connectivity index (χ0v) is 15.6. The number of amides is 2. The molecule has 0 saturated carbocycles. The Morgan fingerprint density at radius 2 is 1.78 bits per heavy atom. The number of hydrogen-bond donors (Lipinski definition) is 2. The molecule has 7 nitrogen and oxygen atoms in total. The number of non-ortho nitro benzene ring substituents is 1. The average Bonchev–Trinajstić information content (AvgIpc) is 2.60. The predicted molar refractivity (Wildman–Crippen MR) is 102 cm³/mol. The Balaban J connectivity index is 2.14. The molecule has 2 aromatic carbocycles. The standard InChI is InChI=1S/C20H23N3O4/c1-20(2,3)15-9-7-13(8-10-15)11-17(18(21)24)22-19(25)14-5-4-6-16(12-14)23(26)27/h4-10,12,17H,11H2,1-3H3,(H2,21,24)(H,22,25)/t17-/m0/s1. The van der Waals surface area contributed by atoms with Crippen molar-refractivity contribution in [2.24, 2.45) is 5.73 Å². The largest absolute Gasteiger partial charge is 0.368 e. The number of benzene rings is 2. The van der Waals surface area contributed by atoms with Gasteiger partial charge in [-0.1, -0.05) is 51.1 Å². The topological polar surface area (TPSA) is 115 Å². The van der Waals surface area contributed by atoms with E-state index in [4.69, 9.17) is 5.73 Å². The van der Waals surface area contributed by atoms with Crippen molar-refractivity contribution in [3.63, 3.8) is 0 Å². The van der Waals surface area contributed by atoms with Crippen LogP contribution in [0.3, 0.4) is 0 Å². The van der Waals surface area contributed by atoms with Crippen LogP contribution in [0.5, 0.6) is 0 Å². The monoisotopic (exact) mass is 369 g/mol. The van der Waals surface area contributed by atoms with Gasteiger partial charge in [0.25, 0.3) is 11.6 Å². The molecule has 0 unspecified atom stereocenters. The van der Waals surface area contributed by atoms with Gasteiger partial charge in [0.05, 0.1) is 4.92 Å². The minimum absolute atomic E-state index is 0.0118. The number of carbonyl (C=O) groups is 2. The first-order valence-electron chi connectivity index (χ1n) is 8.52. The predicted octanol–water partition coefficient (Wildman–Crippen LogP) is 2.72. The number of rotatable bonds is 6. The third-order valence-corrected chi connectivity index (χ3v) is 4.23. The lowest BCUT2D eigenvalue weighted by atomic mass is 9.86. The van der Waals surface area contributed by atoms with Crippen molar-refractivity contribution >= 4 is 17.5 Å². The maximum absolute atomic E-state index is 12.4. The van der Waals surface area contributed by atoms with Crippen molar-refractivity contribution in [3.05, 3.63) is 75.3 Å². The normalized spacial score (nSPS) is 12.3. The second-order valence-electron chi connectivity index (χ2n) is 7.39. The molecular formula is C20H23N3O4. The highest BCUT2D eigenvalue weighted by Gasteiger charge is 2.21. The van der Waals surface area contributed by atoms with Gasteiger partial charge in [-0.15, -0.1) is 0 Å². The quantitative estimate of drug-likeness (QED) is 0.601. The summed E-state index contributed by atoms with van der Waals surface area (Å²) >= 11 is 0. The molecule has 0 bridgehead atoms. The molecule has 1 atom stereocenters. The minimum Gasteiger partial charge on any atom is -0.368 e. The molecule has 0 aliphatic rings. The lowest BCUT2D eigenvalue weighted by Crippen LogP contribution is -2.45. The molecule has 0 radical (unpaired) electrons. The van der Waals surface area contributed by atoms with Gasteiger partial charge < -0.3 is 11.1 Å². The van der Waals surface area contributed by atoms with Gasteiger partial charge in [-0.25, -0.2) is 0 Å². The van der Waals surface area contributed by atoms with Gasteiger partial charge >= 0.3 is 0 Å². The number of nitrogens with one attached hydrogen (secondary N) is 1. The third kappa shape index (κ3) is 5.37. The van der Waals surface area contributed by atoms with E-state index in [9.17, 15) is 19.7 Å². The molecule has 2 aromatic rings. The van der Waals surface area contributed by atoms with Gasteiger partial charge in [-0.3, -0.25) is 19.7 Å². The van der Waals surface area contributed by atoms with E-state index in [0.717, 1.165) is 17.2 Å². The molecule has 0 aliphatic heterocycles. The van der Waals surface area contributed by atoms with Crippen molar-refractivity contribution in [1.29, 1.82) is 0 Å². The van der Waals surface area contributed by atoms with Crippen LogP contribution in [0.4, 0.5) is 5.69 Å². The number of nitro benzene ring substituents is 1. The molecule has 0 heterocycles. The maximum Gasteiger partial charge on any atom is 0.270 e. The second-order valence-corrected chi connectivity index (χ2v) is 7.39. The number of nitrogens with two attached hydrogens (primary N) is 1. The average molecular weight is 369 g/mol. The summed E-state index contributed by atoms with van der Waals surface area (Å²) in [4.78, 5) is 34.4. The van der Waals surface area contributed by atoms with E-state index in [1.165, 1.54) is 18.2 Å². The van der Waals surface area contributed by atoms with E-state index in [1.54, 1.807) is 0 Å². The number of carbonyl (C=O) groups excluding carboxylic acids is 2. The summed E-state index contributed by atoms with van der Waals surface area (Å²) < 4.78 is 0. The number of nitrogens with zero attached hydrogens (tertiary/aromatic N) is 1. The summed E-state index contributed by atoms with van der Waals surface area (Å²) in [5, 5.41) is 13.4. The fraction of sp³-hybridized carbons (Fsp3) is 0.300. The summed E-state index contributed by atoms with van der Waals surface area (Å²) in [5.41, 5.74) is 7.34. The summed E-state index contributed by atoms with van der Waals surface area (Å²) in [7, 11) is 0. The summed E-state index contributed by atoms with van der Waals surface area (Å²) in [6.07, 6.45) is 0.237. The SMILES string of the molecule is CC(C)(C)c1ccc(C[C@H](NC(=O)c2cccc([N+](=O)[O-])c2)C(N)=O)cc1. The Hall–Kier alpha value is -3.22. The van der Waals surface area contributed by atoms with E-state index in [1.807, 2.05) is 24.3 Å². The van der Waals surface area contributed by atoms with Crippen LogP contribution >= 0.6 is 0 Å². The van der Waals surface area contributed by atoms with Crippen LogP contribution in [0.15, 0.2) is 48.5 Å². The summed E-state index contributed by atoms with van der Waals surface area (Å²) in [5.74, 6) is -1.26. The smallest absolute Gasteiger partial charge is 0.270 e. The molecule has 0 aliphatic carbocycles. The van der Waals surface area contributed by atoms with Crippen LogP contribution < -0.4 is 11.1 Å². The zero-order valence-electron chi connectivity index (χ0n) is 15.6. The van der Waals surface area contributed by atoms with Crippen LogP contribution in [0, 0.1) is 10.1 Å². The Morgan fingerprint density at radius 1 is 1.15 bits per heavy atom. The highest BCUT2D eigenvalue weighted by Crippen LogP contribution is 2.22. The minimum atomic E-state index is -0.919. The first kappa shape index (κ1) is 20.1. The van der Waals surface area contributed by atoms with Crippen LogP contribution in [-0.4, -0.2) is 22.8 Å². The number of primary amides is 1. The first-order chi connectivity index (χ1) is 12.6. The Morgan fingerprint density at radius 3 is 2.30 bits per heavy atom. The molecule has 0 fully saturated rings. The van der Waals surface area contributed by atoms with Gasteiger partial charge in [0.2, 0.25) is 5.91 Å². The van der Waals surface area contributed by atoms with E-state index < -0.39 is 22.8 Å². The van der Waals surface area contributed by atoms with Gasteiger partial charge in [0.1, 0.15) is 6.04 Å². The molecule has 7 heteroatoms. The molecular weight excluding hydrogens is 346 g/mol. The third-order valence-electron chi connectivity index (χ3n) is 4.23. The van der Waals surface area contributed by atoms with E-state index in [-0.39, 0.29) is 23.1 Å². The van der Waals surface area contributed by atoms with Gasteiger partial charge in [0, 0.05) is 24.1 Å². The van der Waals surface area contributed by atoms with Crippen molar-refractivity contribution in [3.8, 4) is 0 Å². The van der Waals surface area contributed by atoms with Gasteiger partial charge in [-0.2, -0.15) is 0 Å². The molecule has 3 N–H and O–H groups in total. The molecule has 0 aromatic heterocycles. The number of hydrogen-bond acceptors (Lipinski definition) is 4. The Labute approximate surface area is 157 Å². The second kappa shape index (κ2) is 7.99. The molecule has 27 heavy (non-hydrogen) atoms.